The molecule has 5 heteroatoms. The molecule has 0 aliphatic rings. The Morgan fingerprint density at radius 3 is 1.94 bits per heavy atom. The van der Waals surface area contributed by atoms with Crippen molar-refractivity contribution in [3.63, 3.8) is 0 Å². The number of amides is 2. The molecule has 0 aliphatic carbocycles. The number of hydrogen-bond donors (Lipinski definition) is 1. The van der Waals surface area contributed by atoms with Gasteiger partial charge in [0.2, 0.25) is 0 Å². The van der Waals surface area contributed by atoms with Crippen molar-refractivity contribution in [3.8, 4) is 16.9 Å². The van der Waals surface area contributed by atoms with Crippen LogP contribution in [0.15, 0.2) is 109 Å². The lowest BCUT2D eigenvalue weighted by atomic mass is 10.1. The molecule has 4 aromatic rings. The van der Waals surface area contributed by atoms with E-state index < -0.39 is 6.10 Å². The normalized spacial score (nSPS) is 11.4. The molecule has 5 nitrogen and oxygen atoms in total. The highest BCUT2D eigenvalue weighted by Gasteiger charge is 2.18. The van der Waals surface area contributed by atoms with Gasteiger partial charge in [-0.05, 0) is 73.5 Å². The first-order chi connectivity index (χ1) is 17.0. The van der Waals surface area contributed by atoms with Gasteiger partial charge in [-0.25, -0.2) is 0 Å². The van der Waals surface area contributed by atoms with E-state index in [2.05, 4.69) is 5.32 Å². The van der Waals surface area contributed by atoms with Gasteiger partial charge in [0.25, 0.3) is 11.8 Å². The summed E-state index contributed by atoms with van der Waals surface area (Å²) in [6.07, 6.45) is -0.687. The van der Waals surface area contributed by atoms with E-state index in [1.54, 1.807) is 36.1 Å². The zero-order valence-corrected chi connectivity index (χ0v) is 19.8. The predicted octanol–water partition coefficient (Wildman–Crippen LogP) is 6.43. The fourth-order valence-corrected chi connectivity index (χ4v) is 3.76. The fraction of sp³-hybridized carbons (Fsp3) is 0.133. The molecule has 1 N–H and O–H groups in total. The number of anilines is 2. The average Bonchev–Trinajstić information content (AvgIpc) is 2.91. The quantitative estimate of drug-likeness (QED) is 0.327. The van der Waals surface area contributed by atoms with Gasteiger partial charge >= 0.3 is 0 Å². The van der Waals surface area contributed by atoms with Gasteiger partial charge in [0.1, 0.15) is 5.75 Å². The number of carbonyl (C=O) groups excluding carboxylic acids is 2. The van der Waals surface area contributed by atoms with Crippen molar-refractivity contribution in [3.05, 3.63) is 115 Å². The van der Waals surface area contributed by atoms with Gasteiger partial charge < -0.3 is 15.0 Å². The first-order valence-corrected chi connectivity index (χ1v) is 11.6. The summed E-state index contributed by atoms with van der Waals surface area (Å²) in [7, 11) is 0. The molecule has 0 fully saturated rings. The Bertz CT molecular complexity index is 1250. The van der Waals surface area contributed by atoms with Gasteiger partial charge in [-0.3, -0.25) is 9.59 Å². The Balaban J connectivity index is 1.35. The smallest absolute Gasteiger partial charge is 0.265 e. The lowest BCUT2D eigenvalue weighted by Gasteiger charge is -2.21. The molecule has 0 bridgehead atoms. The maximum Gasteiger partial charge on any atom is 0.265 e. The second-order valence-electron chi connectivity index (χ2n) is 8.10. The summed E-state index contributed by atoms with van der Waals surface area (Å²) >= 11 is 0. The third-order valence-electron chi connectivity index (χ3n) is 5.67. The predicted molar refractivity (Wildman–Crippen MR) is 141 cm³/mol. The van der Waals surface area contributed by atoms with Crippen LogP contribution in [0.5, 0.6) is 5.75 Å². The van der Waals surface area contributed by atoms with Crippen LogP contribution in [0, 0.1) is 0 Å². The minimum Gasteiger partial charge on any atom is -0.481 e. The summed E-state index contributed by atoms with van der Waals surface area (Å²) in [5, 5.41) is 2.85. The van der Waals surface area contributed by atoms with Gasteiger partial charge in [-0.2, -0.15) is 0 Å². The molecule has 0 radical (unpaired) electrons. The fourth-order valence-electron chi connectivity index (χ4n) is 3.76. The molecule has 35 heavy (non-hydrogen) atoms. The number of rotatable bonds is 8. The molecule has 1 atom stereocenters. The van der Waals surface area contributed by atoms with Crippen molar-refractivity contribution in [2.24, 2.45) is 0 Å². The number of carbonyl (C=O) groups is 2. The van der Waals surface area contributed by atoms with Crippen LogP contribution in [0.1, 0.15) is 24.2 Å². The summed E-state index contributed by atoms with van der Waals surface area (Å²) in [6.45, 7) is 4.20. The zero-order valence-electron chi connectivity index (χ0n) is 19.8. The maximum atomic E-state index is 13.0. The first-order valence-electron chi connectivity index (χ1n) is 11.6. The third-order valence-corrected chi connectivity index (χ3v) is 5.67. The van der Waals surface area contributed by atoms with E-state index in [9.17, 15) is 9.59 Å². The van der Waals surface area contributed by atoms with Crippen LogP contribution in [0.25, 0.3) is 11.1 Å². The number of benzene rings is 4. The van der Waals surface area contributed by atoms with E-state index in [0.717, 1.165) is 16.8 Å². The molecule has 4 rings (SSSR count). The molecule has 0 heterocycles. The number of ether oxygens (including phenoxy) is 1. The number of para-hydroxylation sites is 1. The number of nitrogens with one attached hydrogen (secondary N) is 1. The lowest BCUT2D eigenvalue weighted by Crippen LogP contribution is -2.31. The third kappa shape index (κ3) is 5.95. The van der Waals surface area contributed by atoms with Crippen molar-refractivity contribution < 1.29 is 14.3 Å². The molecule has 0 saturated heterocycles. The lowest BCUT2D eigenvalue weighted by molar-refractivity contribution is -0.122. The van der Waals surface area contributed by atoms with Crippen molar-refractivity contribution in [1.29, 1.82) is 0 Å². The Hall–Kier alpha value is -4.38. The highest BCUT2D eigenvalue weighted by molar-refractivity contribution is 6.06. The van der Waals surface area contributed by atoms with E-state index in [-0.39, 0.29) is 11.8 Å². The first kappa shape index (κ1) is 23.8. The SMILES string of the molecule is CCN(C(=O)c1ccc(NC(=O)C(C)Oc2ccc(-c3ccccc3)cc2)cc1)c1ccccc1. The van der Waals surface area contributed by atoms with Crippen molar-refractivity contribution >= 4 is 23.2 Å². The standard InChI is InChI=1S/C30H28N2O3/c1-3-32(27-12-8-5-9-13-27)30(34)25-14-18-26(19-15-25)31-29(33)22(2)35-28-20-16-24(17-21-28)23-10-6-4-7-11-23/h4-22H,3H2,1-2H3,(H,31,33). The van der Waals surface area contributed by atoms with Crippen LogP contribution in [-0.2, 0) is 4.79 Å². The molecule has 0 saturated carbocycles. The largest absolute Gasteiger partial charge is 0.481 e. The van der Waals surface area contributed by atoms with E-state index in [0.29, 0.717) is 23.5 Å². The molecular formula is C30H28N2O3. The van der Waals surface area contributed by atoms with Gasteiger partial charge in [0.05, 0.1) is 0 Å². The highest BCUT2D eigenvalue weighted by Crippen LogP contribution is 2.23. The Morgan fingerprint density at radius 2 is 1.34 bits per heavy atom. The van der Waals surface area contributed by atoms with Crippen LogP contribution < -0.4 is 15.0 Å². The molecule has 1 unspecified atom stereocenters. The number of nitrogens with zero attached hydrogens (tertiary/aromatic N) is 1. The second kappa shape index (κ2) is 11.2. The molecular weight excluding hydrogens is 436 g/mol. The molecule has 0 aliphatic heterocycles. The Kier molecular flexibility index (Phi) is 7.58. The molecule has 2 amide bonds. The Labute approximate surface area is 206 Å². The highest BCUT2D eigenvalue weighted by atomic mass is 16.5. The van der Waals surface area contributed by atoms with Crippen LogP contribution in [0.3, 0.4) is 0 Å². The van der Waals surface area contributed by atoms with Crippen LogP contribution in [-0.4, -0.2) is 24.5 Å². The monoisotopic (exact) mass is 464 g/mol. The van der Waals surface area contributed by atoms with Gasteiger partial charge in [0, 0.05) is 23.5 Å². The zero-order chi connectivity index (χ0) is 24.6. The van der Waals surface area contributed by atoms with Crippen LogP contribution in [0.2, 0.25) is 0 Å². The van der Waals surface area contributed by atoms with E-state index in [1.165, 1.54) is 0 Å². The van der Waals surface area contributed by atoms with Crippen molar-refractivity contribution in [2.45, 2.75) is 20.0 Å². The minimum atomic E-state index is -0.687. The molecule has 4 aromatic carbocycles. The second-order valence-corrected chi connectivity index (χ2v) is 8.10. The van der Waals surface area contributed by atoms with E-state index in [4.69, 9.17) is 4.74 Å². The van der Waals surface area contributed by atoms with E-state index in [1.807, 2.05) is 91.9 Å². The average molecular weight is 465 g/mol. The van der Waals surface area contributed by atoms with Crippen molar-refractivity contribution in [2.75, 3.05) is 16.8 Å². The van der Waals surface area contributed by atoms with Crippen molar-refractivity contribution in [1.82, 2.24) is 0 Å². The number of hydrogen-bond acceptors (Lipinski definition) is 3. The van der Waals surface area contributed by atoms with Gasteiger partial charge in [0.15, 0.2) is 6.10 Å². The van der Waals surface area contributed by atoms with Crippen LogP contribution >= 0.6 is 0 Å². The van der Waals surface area contributed by atoms with Gasteiger partial charge in [-0.1, -0.05) is 60.7 Å². The molecule has 176 valence electrons. The summed E-state index contributed by atoms with van der Waals surface area (Å²) in [5.41, 5.74) is 4.21. The maximum absolute atomic E-state index is 13.0. The van der Waals surface area contributed by atoms with Gasteiger partial charge in [-0.15, -0.1) is 0 Å². The topological polar surface area (TPSA) is 58.6 Å². The summed E-state index contributed by atoms with van der Waals surface area (Å²) < 4.78 is 5.82. The minimum absolute atomic E-state index is 0.0905. The summed E-state index contributed by atoms with van der Waals surface area (Å²) in [6, 6.07) is 34.2. The summed E-state index contributed by atoms with van der Waals surface area (Å²) in [4.78, 5) is 27.3. The van der Waals surface area contributed by atoms with E-state index >= 15 is 0 Å². The Morgan fingerprint density at radius 1 is 0.771 bits per heavy atom. The van der Waals surface area contributed by atoms with Crippen LogP contribution in [0.4, 0.5) is 11.4 Å². The summed E-state index contributed by atoms with van der Waals surface area (Å²) in [5.74, 6) is 0.261. The molecule has 0 aromatic heterocycles. The molecule has 0 spiro atoms.